The Hall–Kier alpha value is -2.18. The van der Waals surface area contributed by atoms with Gasteiger partial charge in [0, 0.05) is 31.7 Å². The van der Waals surface area contributed by atoms with Crippen LogP contribution < -0.4 is 5.32 Å². The maximum atomic E-state index is 11.6. The summed E-state index contributed by atoms with van der Waals surface area (Å²) in [5, 5.41) is 2.68. The van der Waals surface area contributed by atoms with E-state index in [9.17, 15) is 19.2 Å². The van der Waals surface area contributed by atoms with Gasteiger partial charge in [-0.15, -0.1) is 0 Å². The van der Waals surface area contributed by atoms with E-state index in [1.54, 1.807) is 20.8 Å². The first-order valence-electron chi connectivity index (χ1n) is 8.21. The summed E-state index contributed by atoms with van der Waals surface area (Å²) in [5.41, 5.74) is -0.519. The lowest BCUT2D eigenvalue weighted by Gasteiger charge is -2.19. The SMILES string of the molecule is CC(C)(C)OC(=O)CCNC(=O)CCCCCN1C(=O)C=CC1=O. The third-order valence-corrected chi connectivity index (χ3v) is 3.26. The summed E-state index contributed by atoms with van der Waals surface area (Å²) < 4.78 is 5.14. The molecule has 1 aliphatic rings. The lowest BCUT2D eigenvalue weighted by atomic mass is 10.2. The van der Waals surface area contributed by atoms with E-state index in [-0.39, 0.29) is 36.7 Å². The van der Waals surface area contributed by atoms with Gasteiger partial charge in [0.05, 0.1) is 6.42 Å². The Morgan fingerprint density at radius 3 is 2.25 bits per heavy atom. The van der Waals surface area contributed by atoms with Gasteiger partial charge in [-0.2, -0.15) is 0 Å². The monoisotopic (exact) mass is 338 g/mol. The van der Waals surface area contributed by atoms with Crippen molar-refractivity contribution < 1.29 is 23.9 Å². The molecule has 0 aromatic heterocycles. The summed E-state index contributed by atoms with van der Waals surface area (Å²) in [6, 6.07) is 0. The highest BCUT2D eigenvalue weighted by atomic mass is 16.6. The molecule has 0 aromatic rings. The molecule has 1 N–H and O–H groups in total. The highest BCUT2D eigenvalue weighted by Crippen LogP contribution is 2.09. The minimum Gasteiger partial charge on any atom is -0.460 e. The minimum atomic E-state index is -0.519. The fourth-order valence-corrected chi connectivity index (χ4v) is 2.17. The molecule has 0 unspecified atom stereocenters. The summed E-state index contributed by atoms with van der Waals surface area (Å²) in [4.78, 5) is 47.0. The molecule has 0 bridgehead atoms. The fraction of sp³-hybridized carbons (Fsp3) is 0.647. The van der Waals surface area contributed by atoms with E-state index in [4.69, 9.17) is 4.74 Å². The van der Waals surface area contributed by atoms with Crippen LogP contribution in [-0.4, -0.2) is 47.3 Å². The molecule has 134 valence electrons. The number of carbonyl (C=O) groups excluding carboxylic acids is 4. The first-order chi connectivity index (χ1) is 11.2. The van der Waals surface area contributed by atoms with Crippen molar-refractivity contribution in [3.8, 4) is 0 Å². The van der Waals surface area contributed by atoms with Crippen molar-refractivity contribution in [2.45, 2.75) is 58.5 Å². The van der Waals surface area contributed by atoms with E-state index in [2.05, 4.69) is 5.32 Å². The summed E-state index contributed by atoms with van der Waals surface area (Å²) in [5.74, 6) is -1.01. The van der Waals surface area contributed by atoms with Gasteiger partial charge in [-0.05, 0) is 33.6 Å². The summed E-state index contributed by atoms with van der Waals surface area (Å²) in [6.45, 7) is 6.02. The molecule has 7 nitrogen and oxygen atoms in total. The first kappa shape index (κ1) is 19.9. The van der Waals surface area contributed by atoms with Crippen LogP contribution in [0, 0.1) is 0 Å². The molecule has 0 fully saturated rings. The van der Waals surface area contributed by atoms with E-state index < -0.39 is 5.60 Å². The Labute approximate surface area is 142 Å². The maximum absolute atomic E-state index is 11.6. The van der Waals surface area contributed by atoms with Gasteiger partial charge < -0.3 is 10.1 Å². The van der Waals surface area contributed by atoms with Crippen LogP contribution in [0.25, 0.3) is 0 Å². The van der Waals surface area contributed by atoms with Gasteiger partial charge in [-0.25, -0.2) is 0 Å². The number of amides is 3. The van der Waals surface area contributed by atoms with Crippen molar-refractivity contribution in [3.63, 3.8) is 0 Å². The topological polar surface area (TPSA) is 92.8 Å². The number of nitrogens with one attached hydrogen (secondary N) is 1. The van der Waals surface area contributed by atoms with Crippen LogP contribution in [0.1, 0.15) is 52.9 Å². The van der Waals surface area contributed by atoms with Crippen LogP contribution in [0.3, 0.4) is 0 Å². The maximum Gasteiger partial charge on any atom is 0.308 e. The average Bonchev–Trinajstić information content (AvgIpc) is 2.76. The number of esters is 1. The van der Waals surface area contributed by atoms with Crippen LogP contribution in [-0.2, 0) is 23.9 Å². The Morgan fingerprint density at radius 1 is 1.04 bits per heavy atom. The normalized spacial score (nSPS) is 14.2. The molecule has 24 heavy (non-hydrogen) atoms. The second-order valence-electron chi connectivity index (χ2n) is 6.66. The number of carbonyl (C=O) groups is 4. The Bertz CT molecular complexity index is 502. The molecule has 0 aromatic carbocycles. The molecule has 0 atom stereocenters. The van der Waals surface area contributed by atoms with Crippen molar-refractivity contribution in [1.29, 1.82) is 0 Å². The molecule has 0 radical (unpaired) electrons. The van der Waals surface area contributed by atoms with Gasteiger partial charge in [-0.1, -0.05) is 6.42 Å². The molecule has 7 heteroatoms. The molecule has 1 heterocycles. The highest BCUT2D eigenvalue weighted by Gasteiger charge is 2.22. The number of rotatable bonds is 9. The predicted molar refractivity (Wildman–Crippen MR) is 87.8 cm³/mol. The number of unbranched alkanes of at least 4 members (excludes halogenated alkanes) is 2. The third-order valence-electron chi connectivity index (χ3n) is 3.26. The smallest absolute Gasteiger partial charge is 0.308 e. The number of imide groups is 1. The van der Waals surface area contributed by atoms with Crippen LogP contribution in [0.15, 0.2) is 12.2 Å². The fourth-order valence-electron chi connectivity index (χ4n) is 2.17. The van der Waals surface area contributed by atoms with E-state index in [1.807, 2.05) is 0 Å². The third kappa shape index (κ3) is 7.89. The van der Waals surface area contributed by atoms with E-state index in [0.29, 0.717) is 25.8 Å². The standard InChI is InChI=1S/C17H26N2O5/c1-17(2,3)24-16(23)10-11-18-13(20)7-5-4-6-12-19-14(21)8-9-15(19)22/h8-9H,4-7,10-12H2,1-3H3,(H,18,20). The zero-order valence-electron chi connectivity index (χ0n) is 14.6. The van der Waals surface area contributed by atoms with Gasteiger partial charge in [0.2, 0.25) is 5.91 Å². The Kier molecular flexibility index (Phi) is 7.61. The number of ether oxygens (including phenoxy) is 1. The largest absolute Gasteiger partial charge is 0.460 e. The number of hydrogen-bond donors (Lipinski definition) is 1. The van der Waals surface area contributed by atoms with E-state index in [0.717, 1.165) is 6.42 Å². The number of nitrogens with zero attached hydrogens (tertiary/aromatic N) is 1. The molecule has 0 saturated carbocycles. The molecule has 0 spiro atoms. The van der Waals surface area contributed by atoms with Crippen molar-refractivity contribution in [3.05, 3.63) is 12.2 Å². The van der Waals surface area contributed by atoms with Gasteiger partial charge >= 0.3 is 5.97 Å². The molecule has 1 rings (SSSR count). The van der Waals surface area contributed by atoms with Gasteiger partial charge in [0.15, 0.2) is 0 Å². The second kappa shape index (κ2) is 9.20. The van der Waals surface area contributed by atoms with Gasteiger partial charge in [0.1, 0.15) is 5.60 Å². The molecular weight excluding hydrogens is 312 g/mol. The molecule has 0 aliphatic carbocycles. The Balaban J connectivity index is 2.03. The number of hydrogen-bond acceptors (Lipinski definition) is 5. The predicted octanol–water partition coefficient (Wildman–Crippen LogP) is 1.32. The average molecular weight is 338 g/mol. The lowest BCUT2D eigenvalue weighted by molar-refractivity contribution is -0.154. The van der Waals surface area contributed by atoms with Crippen LogP contribution in [0.2, 0.25) is 0 Å². The van der Waals surface area contributed by atoms with E-state index in [1.165, 1.54) is 17.1 Å². The van der Waals surface area contributed by atoms with Crippen molar-refractivity contribution in [2.75, 3.05) is 13.1 Å². The molecular formula is C17H26N2O5. The molecule has 1 aliphatic heterocycles. The highest BCUT2D eigenvalue weighted by molar-refractivity contribution is 6.12. The lowest BCUT2D eigenvalue weighted by Crippen LogP contribution is -2.31. The summed E-state index contributed by atoms with van der Waals surface area (Å²) >= 11 is 0. The van der Waals surface area contributed by atoms with E-state index >= 15 is 0 Å². The first-order valence-corrected chi connectivity index (χ1v) is 8.21. The zero-order chi connectivity index (χ0) is 18.2. The van der Waals surface area contributed by atoms with Gasteiger partial charge in [0.25, 0.3) is 11.8 Å². The quantitative estimate of drug-likeness (QED) is 0.389. The minimum absolute atomic E-state index is 0.117. The van der Waals surface area contributed by atoms with Crippen LogP contribution >= 0.6 is 0 Å². The molecule has 3 amide bonds. The molecule has 0 saturated heterocycles. The Morgan fingerprint density at radius 2 is 1.67 bits per heavy atom. The van der Waals surface area contributed by atoms with Crippen molar-refractivity contribution in [2.24, 2.45) is 0 Å². The summed E-state index contributed by atoms with van der Waals surface area (Å²) in [7, 11) is 0. The van der Waals surface area contributed by atoms with Crippen molar-refractivity contribution in [1.82, 2.24) is 10.2 Å². The second-order valence-corrected chi connectivity index (χ2v) is 6.66. The zero-order valence-corrected chi connectivity index (χ0v) is 14.6. The van der Waals surface area contributed by atoms with Crippen LogP contribution in [0.4, 0.5) is 0 Å². The summed E-state index contributed by atoms with van der Waals surface area (Å²) in [6.07, 6.45) is 5.12. The van der Waals surface area contributed by atoms with Crippen molar-refractivity contribution >= 4 is 23.7 Å². The van der Waals surface area contributed by atoms with Crippen LogP contribution in [0.5, 0.6) is 0 Å². The van der Waals surface area contributed by atoms with Gasteiger partial charge in [-0.3, -0.25) is 24.1 Å².